The quantitative estimate of drug-likeness (QED) is 0.329. The number of anilines is 2. The third kappa shape index (κ3) is 7.10. The van der Waals surface area contributed by atoms with Gasteiger partial charge in [-0.3, -0.25) is 14.4 Å². The number of carboxylic acid groups (broad SMARTS) is 1. The van der Waals surface area contributed by atoms with Gasteiger partial charge in [0.05, 0.1) is 6.42 Å². The molecule has 33 heavy (non-hydrogen) atoms. The van der Waals surface area contributed by atoms with Crippen LogP contribution in [0.3, 0.4) is 0 Å². The number of amides is 2. The molecule has 2 amide bonds. The van der Waals surface area contributed by atoms with Crippen molar-refractivity contribution in [2.45, 2.75) is 29.9 Å². The van der Waals surface area contributed by atoms with E-state index in [1.807, 2.05) is 55.5 Å². The van der Waals surface area contributed by atoms with Crippen LogP contribution in [0.1, 0.15) is 29.2 Å². The van der Waals surface area contributed by atoms with Crippen molar-refractivity contribution >= 4 is 52.5 Å². The molecule has 0 bridgehead atoms. The molecule has 0 aliphatic heterocycles. The van der Waals surface area contributed by atoms with E-state index in [9.17, 15) is 14.4 Å². The van der Waals surface area contributed by atoms with Gasteiger partial charge in [-0.15, -0.1) is 11.8 Å². The Balaban J connectivity index is 1.74. The lowest BCUT2D eigenvalue weighted by molar-refractivity contribution is -0.138. The summed E-state index contributed by atoms with van der Waals surface area (Å²) in [4.78, 5) is 36.5. The minimum atomic E-state index is -1.02. The zero-order valence-electron chi connectivity index (χ0n) is 17.9. The Labute approximate surface area is 201 Å². The van der Waals surface area contributed by atoms with Gasteiger partial charge in [0.1, 0.15) is 5.25 Å². The van der Waals surface area contributed by atoms with Gasteiger partial charge in [-0.05, 0) is 54.4 Å². The minimum absolute atomic E-state index is 0.0923. The molecule has 0 aromatic heterocycles. The topological polar surface area (TPSA) is 95.5 Å². The van der Waals surface area contributed by atoms with Gasteiger partial charge in [0.15, 0.2) is 0 Å². The van der Waals surface area contributed by atoms with Crippen LogP contribution < -0.4 is 10.6 Å². The standard InChI is InChI=1S/C25H23ClN2O4S/c1-16-20(26)8-5-9-21(16)28-25(32)24(17-6-3-2-4-7-17)33-19-12-10-18(11-13-19)27-22(29)14-15-23(30)31/h2-13,24H,14-15H2,1H3,(H,27,29)(H,28,32)(H,30,31). The highest BCUT2D eigenvalue weighted by atomic mass is 35.5. The molecular formula is C25H23ClN2O4S. The number of nitrogens with one attached hydrogen (secondary N) is 2. The van der Waals surface area contributed by atoms with Gasteiger partial charge < -0.3 is 15.7 Å². The lowest BCUT2D eigenvalue weighted by atomic mass is 10.1. The number of thioether (sulfide) groups is 1. The number of carbonyl (C=O) groups excluding carboxylic acids is 2. The fourth-order valence-corrected chi connectivity index (χ4v) is 4.24. The molecule has 3 N–H and O–H groups in total. The molecular weight excluding hydrogens is 460 g/mol. The van der Waals surface area contributed by atoms with Crippen molar-refractivity contribution in [3.8, 4) is 0 Å². The highest BCUT2D eigenvalue weighted by Gasteiger charge is 2.23. The molecule has 0 aliphatic rings. The highest BCUT2D eigenvalue weighted by Crippen LogP contribution is 2.37. The maximum atomic E-state index is 13.2. The minimum Gasteiger partial charge on any atom is -0.481 e. The smallest absolute Gasteiger partial charge is 0.303 e. The lowest BCUT2D eigenvalue weighted by Crippen LogP contribution is -2.19. The summed E-state index contributed by atoms with van der Waals surface area (Å²) in [7, 11) is 0. The van der Waals surface area contributed by atoms with Gasteiger partial charge >= 0.3 is 5.97 Å². The molecule has 3 aromatic rings. The predicted molar refractivity (Wildman–Crippen MR) is 132 cm³/mol. The zero-order chi connectivity index (χ0) is 23.8. The van der Waals surface area contributed by atoms with Gasteiger partial charge in [-0.2, -0.15) is 0 Å². The van der Waals surface area contributed by atoms with Crippen molar-refractivity contribution in [2.24, 2.45) is 0 Å². The number of carbonyl (C=O) groups is 3. The lowest BCUT2D eigenvalue weighted by Gasteiger charge is -2.18. The second-order valence-corrected chi connectivity index (χ2v) is 8.86. The molecule has 0 radical (unpaired) electrons. The Morgan fingerprint density at radius 2 is 1.61 bits per heavy atom. The Hall–Kier alpha value is -3.29. The molecule has 6 nitrogen and oxygen atoms in total. The summed E-state index contributed by atoms with van der Waals surface area (Å²) < 4.78 is 0. The van der Waals surface area contributed by atoms with Crippen LogP contribution in [0.4, 0.5) is 11.4 Å². The van der Waals surface area contributed by atoms with Crippen molar-refractivity contribution in [3.05, 3.63) is 88.9 Å². The first-order valence-corrected chi connectivity index (χ1v) is 11.5. The van der Waals surface area contributed by atoms with Crippen LogP contribution in [0.5, 0.6) is 0 Å². The van der Waals surface area contributed by atoms with E-state index in [1.165, 1.54) is 11.8 Å². The summed E-state index contributed by atoms with van der Waals surface area (Å²) in [6, 6.07) is 21.9. The fourth-order valence-electron chi connectivity index (χ4n) is 3.04. The maximum absolute atomic E-state index is 13.2. The van der Waals surface area contributed by atoms with Crippen LogP contribution in [-0.2, 0) is 14.4 Å². The molecule has 3 aromatic carbocycles. The van der Waals surface area contributed by atoms with Crippen molar-refractivity contribution in [2.75, 3.05) is 10.6 Å². The van der Waals surface area contributed by atoms with Crippen LogP contribution in [0.2, 0.25) is 5.02 Å². The van der Waals surface area contributed by atoms with E-state index >= 15 is 0 Å². The van der Waals surface area contributed by atoms with Crippen LogP contribution in [0.15, 0.2) is 77.7 Å². The summed E-state index contributed by atoms with van der Waals surface area (Å²) in [5, 5.41) is 14.4. The highest BCUT2D eigenvalue weighted by molar-refractivity contribution is 8.00. The molecule has 1 atom stereocenters. The van der Waals surface area contributed by atoms with Gasteiger partial charge in [0.2, 0.25) is 11.8 Å². The average molecular weight is 483 g/mol. The van der Waals surface area contributed by atoms with Crippen LogP contribution in [0, 0.1) is 6.92 Å². The first kappa shape index (κ1) is 24.4. The first-order valence-electron chi connectivity index (χ1n) is 10.2. The zero-order valence-corrected chi connectivity index (χ0v) is 19.5. The van der Waals surface area contributed by atoms with Gasteiger partial charge in [0, 0.05) is 27.7 Å². The molecule has 0 saturated heterocycles. The normalized spacial score (nSPS) is 11.5. The molecule has 170 valence electrons. The molecule has 0 saturated carbocycles. The monoisotopic (exact) mass is 482 g/mol. The van der Waals surface area contributed by atoms with Crippen molar-refractivity contribution in [3.63, 3.8) is 0 Å². The molecule has 0 fully saturated rings. The summed E-state index contributed by atoms with van der Waals surface area (Å²) in [6.45, 7) is 1.85. The third-order valence-electron chi connectivity index (χ3n) is 4.82. The predicted octanol–water partition coefficient (Wildman–Crippen LogP) is 5.92. The SMILES string of the molecule is Cc1c(Cl)cccc1NC(=O)C(Sc1ccc(NC(=O)CCC(=O)O)cc1)c1ccccc1. The number of carboxylic acids is 1. The summed E-state index contributed by atoms with van der Waals surface area (Å²) in [5.74, 6) is -1.56. The van der Waals surface area contributed by atoms with E-state index in [1.54, 1.807) is 24.3 Å². The fraction of sp³-hybridized carbons (Fsp3) is 0.160. The molecule has 1 unspecified atom stereocenters. The average Bonchev–Trinajstić information content (AvgIpc) is 2.80. The Kier molecular flexibility index (Phi) is 8.52. The summed E-state index contributed by atoms with van der Waals surface area (Å²) in [6.07, 6.45) is -0.315. The molecule has 8 heteroatoms. The van der Waals surface area contributed by atoms with Crippen molar-refractivity contribution in [1.82, 2.24) is 0 Å². The van der Waals surface area contributed by atoms with Gasteiger partial charge in [-0.1, -0.05) is 48.0 Å². The number of hydrogen-bond donors (Lipinski definition) is 3. The second-order valence-electron chi connectivity index (χ2n) is 7.28. The van der Waals surface area contributed by atoms with Crippen LogP contribution in [0.25, 0.3) is 0 Å². The molecule has 3 rings (SSSR count). The summed E-state index contributed by atoms with van der Waals surface area (Å²) >= 11 is 7.58. The first-order chi connectivity index (χ1) is 15.8. The molecule has 0 heterocycles. The van der Waals surface area contributed by atoms with Crippen LogP contribution in [-0.4, -0.2) is 22.9 Å². The maximum Gasteiger partial charge on any atom is 0.303 e. The van der Waals surface area contributed by atoms with E-state index in [0.717, 1.165) is 16.0 Å². The van der Waals surface area contributed by atoms with Crippen molar-refractivity contribution in [1.29, 1.82) is 0 Å². The summed E-state index contributed by atoms with van der Waals surface area (Å²) in [5.41, 5.74) is 2.87. The van der Waals surface area contributed by atoms with E-state index in [-0.39, 0.29) is 24.7 Å². The number of halogens is 1. The van der Waals surface area contributed by atoms with Crippen LogP contribution >= 0.6 is 23.4 Å². The molecule has 0 aliphatic carbocycles. The Morgan fingerprint density at radius 1 is 0.909 bits per heavy atom. The van der Waals surface area contributed by atoms with E-state index in [4.69, 9.17) is 16.7 Å². The van der Waals surface area contributed by atoms with Gasteiger partial charge in [-0.25, -0.2) is 0 Å². The van der Waals surface area contributed by atoms with E-state index in [2.05, 4.69) is 10.6 Å². The van der Waals surface area contributed by atoms with Gasteiger partial charge in [0.25, 0.3) is 0 Å². The van der Waals surface area contributed by atoms with E-state index < -0.39 is 11.2 Å². The second kappa shape index (κ2) is 11.5. The molecule has 0 spiro atoms. The number of benzene rings is 3. The third-order valence-corrected chi connectivity index (χ3v) is 6.50. The number of hydrogen-bond acceptors (Lipinski definition) is 4. The van der Waals surface area contributed by atoms with Crippen molar-refractivity contribution < 1.29 is 19.5 Å². The Bertz CT molecular complexity index is 1140. The van der Waals surface area contributed by atoms with E-state index in [0.29, 0.717) is 16.4 Å². The number of aliphatic carboxylic acids is 1. The Morgan fingerprint density at radius 3 is 2.27 bits per heavy atom. The number of rotatable bonds is 9. The largest absolute Gasteiger partial charge is 0.481 e.